The molecule has 0 saturated heterocycles. The van der Waals surface area contributed by atoms with E-state index in [0.29, 0.717) is 70.8 Å². The van der Waals surface area contributed by atoms with Gasteiger partial charge in [-0.25, -0.2) is 4.98 Å². The van der Waals surface area contributed by atoms with Crippen LogP contribution >= 0.6 is 0 Å². The van der Waals surface area contributed by atoms with Crippen molar-refractivity contribution in [2.24, 2.45) is 0 Å². The summed E-state index contributed by atoms with van der Waals surface area (Å²) < 4.78 is 53.8. The molecule has 1 atom stereocenters. The zero-order valence-electron chi connectivity index (χ0n) is 20.7. The van der Waals surface area contributed by atoms with Crippen LogP contribution in [-0.4, -0.2) is 45.5 Å². The highest BCUT2D eigenvalue weighted by molar-refractivity contribution is 6.04. The van der Waals surface area contributed by atoms with Gasteiger partial charge in [0, 0.05) is 24.7 Å². The van der Waals surface area contributed by atoms with Crippen LogP contribution in [-0.2, 0) is 23.2 Å². The smallest absolute Gasteiger partial charge is 0.406 e. The number of carbonyl (C=O) groups is 1. The van der Waals surface area contributed by atoms with Gasteiger partial charge in [0.05, 0.1) is 18.9 Å². The summed E-state index contributed by atoms with van der Waals surface area (Å²) in [6, 6.07) is 12.2. The number of alkyl halides is 3. The first-order valence-electron chi connectivity index (χ1n) is 12.2. The minimum absolute atomic E-state index is 0.265. The van der Waals surface area contributed by atoms with Crippen molar-refractivity contribution < 1.29 is 27.1 Å². The normalized spacial score (nSPS) is 19.0. The summed E-state index contributed by atoms with van der Waals surface area (Å²) in [7, 11) is 1.55. The molecule has 1 spiro atoms. The van der Waals surface area contributed by atoms with Crippen molar-refractivity contribution in [1.82, 2.24) is 19.7 Å². The highest BCUT2D eigenvalue weighted by Gasteiger charge is 2.53. The molecule has 1 amide bonds. The number of aryl methyl sites for hydroxylation is 1. The monoisotopic (exact) mass is 523 g/mol. The van der Waals surface area contributed by atoms with E-state index in [9.17, 15) is 18.0 Å². The number of ether oxygens (including phenoxy) is 1. The van der Waals surface area contributed by atoms with E-state index >= 15 is 0 Å². The molecule has 8 nitrogen and oxygen atoms in total. The molecular weight excluding hydrogens is 499 g/mol. The molecule has 4 aromatic rings. The third kappa shape index (κ3) is 3.84. The van der Waals surface area contributed by atoms with Crippen LogP contribution in [0.25, 0.3) is 22.7 Å². The number of fused-ring (bicyclic) bond motifs is 3. The molecule has 0 N–H and O–H groups in total. The largest absolute Gasteiger partial charge is 0.496 e. The molecule has 1 unspecified atom stereocenters. The Hall–Kier alpha value is -4.15. The lowest BCUT2D eigenvalue weighted by atomic mass is 9.71. The summed E-state index contributed by atoms with van der Waals surface area (Å²) in [5.74, 6) is 1.94. The van der Waals surface area contributed by atoms with Gasteiger partial charge in [-0.2, -0.15) is 13.2 Å². The molecule has 0 radical (unpaired) electrons. The number of oxazole rings is 1. The fraction of sp³-hybridized carbons (Fsp3) is 0.333. The van der Waals surface area contributed by atoms with Crippen LogP contribution in [0, 0.1) is 6.92 Å². The van der Waals surface area contributed by atoms with E-state index in [-0.39, 0.29) is 6.42 Å². The van der Waals surface area contributed by atoms with Gasteiger partial charge < -0.3 is 18.6 Å². The van der Waals surface area contributed by atoms with Gasteiger partial charge in [-0.05, 0) is 43.0 Å². The number of carbonyl (C=O) groups excluding carboxylic acids is 1. The Labute approximate surface area is 216 Å². The number of amides is 1. The van der Waals surface area contributed by atoms with Crippen LogP contribution in [0.5, 0.6) is 5.75 Å². The number of aromatic nitrogens is 4. The van der Waals surface area contributed by atoms with Crippen LogP contribution < -0.4 is 9.64 Å². The van der Waals surface area contributed by atoms with Crippen molar-refractivity contribution in [2.45, 2.75) is 44.3 Å². The number of methoxy groups -OCH3 is 1. The summed E-state index contributed by atoms with van der Waals surface area (Å²) in [6.45, 7) is 0.938. The molecule has 0 saturated carbocycles. The third-order valence-electron chi connectivity index (χ3n) is 7.28. The van der Waals surface area contributed by atoms with E-state index in [2.05, 4.69) is 15.2 Å². The molecule has 4 heterocycles. The molecule has 2 aromatic heterocycles. The minimum Gasteiger partial charge on any atom is -0.496 e. The number of nitrogens with zero attached hydrogens (tertiary/aromatic N) is 5. The summed E-state index contributed by atoms with van der Waals surface area (Å²) in [4.78, 5) is 18.9. The molecule has 0 bridgehead atoms. The Balaban J connectivity index is 1.44. The second-order valence-electron chi connectivity index (χ2n) is 9.66. The number of halogens is 3. The fourth-order valence-electron chi connectivity index (χ4n) is 5.65. The Morgan fingerprint density at radius 1 is 1.16 bits per heavy atom. The number of para-hydroxylation sites is 1. The Kier molecular flexibility index (Phi) is 5.55. The highest BCUT2D eigenvalue weighted by atomic mass is 19.4. The molecule has 2 aliphatic rings. The van der Waals surface area contributed by atoms with E-state index in [1.807, 2.05) is 16.7 Å². The van der Waals surface area contributed by atoms with E-state index in [4.69, 9.17) is 9.15 Å². The highest BCUT2D eigenvalue weighted by Crippen LogP contribution is 2.46. The van der Waals surface area contributed by atoms with E-state index in [0.717, 1.165) is 4.90 Å². The SMILES string of the molecule is COc1cc(-c2nnc3n2CCCC32Cc3ccccc3N(CC(F)(F)F)C2=O)ccc1-c1cnc(C)o1. The second kappa shape index (κ2) is 8.71. The van der Waals surface area contributed by atoms with Gasteiger partial charge in [-0.3, -0.25) is 4.79 Å². The molecule has 2 aliphatic heterocycles. The number of benzene rings is 2. The van der Waals surface area contributed by atoms with E-state index in [1.165, 1.54) is 0 Å². The van der Waals surface area contributed by atoms with Crippen LogP contribution in [0.15, 0.2) is 53.1 Å². The summed E-state index contributed by atoms with van der Waals surface area (Å²) in [5.41, 5.74) is 1.16. The van der Waals surface area contributed by atoms with Gasteiger partial charge in [0.2, 0.25) is 5.91 Å². The van der Waals surface area contributed by atoms with Crippen LogP contribution in [0.4, 0.5) is 18.9 Å². The Bertz CT molecular complexity index is 1540. The lowest BCUT2D eigenvalue weighted by molar-refractivity contribution is -0.137. The van der Waals surface area contributed by atoms with E-state index in [1.54, 1.807) is 50.6 Å². The number of rotatable bonds is 4. The quantitative estimate of drug-likeness (QED) is 0.370. The standard InChI is InChI=1S/C27H24F3N5O3/c1-16-31-14-22(38-16)19-9-8-17(12-21(19)37-2)23-32-33-24-26(10-5-11-34(23)24)13-18-6-3-4-7-20(18)35(25(26)36)15-27(28,29)30/h3-4,6-9,12,14H,5,10-11,13,15H2,1-2H3. The van der Waals surface area contributed by atoms with E-state index < -0.39 is 24.0 Å². The number of hydrogen-bond acceptors (Lipinski definition) is 6. The van der Waals surface area contributed by atoms with Crippen molar-refractivity contribution in [3.63, 3.8) is 0 Å². The first-order valence-corrected chi connectivity index (χ1v) is 12.2. The lowest BCUT2D eigenvalue weighted by Crippen LogP contribution is -2.56. The molecule has 0 fully saturated rings. The predicted octanol–water partition coefficient (Wildman–Crippen LogP) is 5.10. The molecular formula is C27H24F3N5O3. The second-order valence-corrected chi connectivity index (χ2v) is 9.66. The zero-order chi connectivity index (χ0) is 26.7. The maximum Gasteiger partial charge on any atom is 0.406 e. The summed E-state index contributed by atoms with van der Waals surface area (Å²) >= 11 is 0. The molecule has 38 heavy (non-hydrogen) atoms. The minimum atomic E-state index is -4.55. The van der Waals surface area contributed by atoms with Gasteiger partial charge in [-0.15, -0.1) is 10.2 Å². The molecule has 196 valence electrons. The van der Waals surface area contributed by atoms with Crippen molar-refractivity contribution in [1.29, 1.82) is 0 Å². The van der Waals surface area contributed by atoms with Crippen LogP contribution in [0.2, 0.25) is 0 Å². The fourth-order valence-corrected chi connectivity index (χ4v) is 5.65. The Morgan fingerprint density at radius 3 is 2.71 bits per heavy atom. The first-order chi connectivity index (χ1) is 18.2. The average Bonchev–Trinajstić information content (AvgIpc) is 3.53. The third-order valence-corrected chi connectivity index (χ3v) is 7.28. The van der Waals surface area contributed by atoms with Gasteiger partial charge in [0.25, 0.3) is 0 Å². The van der Waals surface area contributed by atoms with Crippen molar-refractivity contribution in [3.8, 4) is 28.5 Å². The van der Waals surface area contributed by atoms with Crippen LogP contribution in [0.1, 0.15) is 30.1 Å². The molecule has 11 heteroatoms. The molecule has 6 rings (SSSR count). The predicted molar refractivity (Wildman–Crippen MR) is 132 cm³/mol. The first kappa shape index (κ1) is 24.2. The van der Waals surface area contributed by atoms with Crippen molar-refractivity contribution in [3.05, 3.63) is 65.9 Å². The lowest BCUT2D eigenvalue weighted by Gasteiger charge is -2.44. The summed E-state index contributed by atoms with van der Waals surface area (Å²) in [5, 5.41) is 8.84. The van der Waals surface area contributed by atoms with Crippen LogP contribution in [0.3, 0.4) is 0 Å². The zero-order valence-corrected chi connectivity index (χ0v) is 20.7. The summed E-state index contributed by atoms with van der Waals surface area (Å²) in [6.07, 6.45) is -1.68. The van der Waals surface area contributed by atoms with Gasteiger partial charge >= 0.3 is 6.18 Å². The van der Waals surface area contributed by atoms with Gasteiger partial charge in [0.1, 0.15) is 23.5 Å². The van der Waals surface area contributed by atoms with Crippen molar-refractivity contribution in [2.75, 3.05) is 18.6 Å². The maximum absolute atomic E-state index is 13.9. The van der Waals surface area contributed by atoms with Crippen molar-refractivity contribution >= 4 is 11.6 Å². The topological polar surface area (TPSA) is 86.3 Å². The van der Waals surface area contributed by atoms with Gasteiger partial charge in [-0.1, -0.05) is 24.3 Å². The maximum atomic E-state index is 13.9. The molecule has 0 aliphatic carbocycles. The Morgan fingerprint density at radius 2 is 1.97 bits per heavy atom. The number of hydrogen-bond donors (Lipinski definition) is 0. The molecule has 2 aromatic carbocycles. The van der Waals surface area contributed by atoms with Gasteiger partial charge in [0.15, 0.2) is 17.5 Å². The number of anilines is 1. The average molecular weight is 524 g/mol.